The van der Waals surface area contributed by atoms with Crippen LogP contribution >= 0.6 is 11.3 Å². The Morgan fingerprint density at radius 2 is 2.46 bits per heavy atom. The van der Waals surface area contributed by atoms with E-state index in [2.05, 4.69) is 15.7 Å². The van der Waals surface area contributed by atoms with Crippen LogP contribution in [0.3, 0.4) is 0 Å². The molecule has 4 heteroatoms. The van der Waals surface area contributed by atoms with Crippen LogP contribution < -0.4 is 5.32 Å². The van der Waals surface area contributed by atoms with Crippen LogP contribution in [0.4, 0.5) is 0 Å². The fourth-order valence-corrected chi connectivity index (χ4v) is 1.75. The number of ether oxygens (including phenoxy) is 1. The molecule has 3 nitrogen and oxygen atoms in total. The molecule has 74 valence electrons. The van der Waals surface area contributed by atoms with E-state index in [1.807, 2.05) is 14.0 Å². The zero-order valence-corrected chi connectivity index (χ0v) is 8.99. The zero-order chi connectivity index (χ0) is 9.52. The number of nitrogens with zero attached hydrogens (tertiary/aromatic N) is 1. The average Bonchev–Trinajstić information content (AvgIpc) is 2.59. The number of nitrogens with one attached hydrogen (secondary N) is 1. The molecule has 13 heavy (non-hydrogen) atoms. The minimum absolute atomic E-state index is 0.645. The van der Waals surface area contributed by atoms with Crippen LogP contribution in [0.5, 0.6) is 0 Å². The molecule has 0 saturated heterocycles. The Labute approximate surface area is 83.1 Å². The normalized spacial score (nSPS) is 10.6. The minimum atomic E-state index is 0.645. The summed E-state index contributed by atoms with van der Waals surface area (Å²) in [5.41, 5.74) is 1.05. The summed E-state index contributed by atoms with van der Waals surface area (Å²) in [6.45, 7) is 4.38. The van der Waals surface area contributed by atoms with Crippen LogP contribution in [0.15, 0.2) is 5.38 Å². The summed E-state index contributed by atoms with van der Waals surface area (Å²) >= 11 is 1.71. The van der Waals surface area contributed by atoms with Crippen molar-refractivity contribution in [2.24, 2.45) is 0 Å². The van der Waals surface area contributed by atoms with E-state index in [-0.39, 0.29) is 0 Å². The van der Waals surface area contributed by atoms with E-state index >= 15 is 0 Å². The van der Waals surface area contributed by atoms with Gasteiger partial charge in [-0.2, -0.15) is 0 Å². The molecule has 0 aliphatic rings. The monoisotopic (exact) mass is 200 g/mol. The lowest BCUT2D eigenvalue weighted by molar-refractivity contribution is 0.131. The molecule has 0 aliphatic heterocycles. The highest BCUT2D eigenvalue weighted by Crippen LogP contribution is 2.10. The molecule has 0 aromatic carbocycles. The van der Waals surface area contributed by atoms with Crippen molar-refractivity contribution >= 4 is 11.3 Å². The molecule has 1 rings (SSSR count). The van der Waals surface area contributed by atoms with Crippen molar-refractivity contribution in [2.45, 2.75) is 20.0 Å². The number of rotatable bonds is 6. The first-order valence-electron chi connectivity index (χ1n) is 4.52. The van der Waals surface area contributed by atoms with Gasteiger partial charge in [0.05, 0.1) is 17.3 Å². The SMILES string of the molecule is CCOCc1csc(CCNC)n1. The van der Waals surface area contributed by atoms with Crippen LogP contribution in [0.25, 0.3) is 0 Å². The fourth-order valence-electron chi connectivity index (χ4n) is 0.969. The third-order valence-corrected chi connectivity index (χ3v) is 2.60. The highest BCUT2D eigenvalue weighted by Gasteiger charge is 2.00. The van der Waals surface area contributed by atoms with Gasteiger partial charge in [-0.15, -0.1) is 11.3 Å². The van der Waals surface area contributed by atoms with Gasteiger partial charge >= 0.3 is 0 Å². The molecule has 0 amide bonds. The summed E-state index contributed by atoms with van der Waals surface area (Å²) in [4.78, 5) is 4.44. The maximum Gasteiger partial charge on any atom is 0.0941 e. The lowest BCUT2D eigenvalue weighted by atomic mass is 10.4. The minimum Gasteiger partial charge on any atom is -0.375 e. The van der Waals surface area contributed by atoms with Crippen LogP contribution in [0.1, 0.15) is 17.6 Å². The summed E-state index contributed by atoms with van der Waals surface area (Å²) in [7, 11) is 1.95. The molecule has 0 fully saturated rings. The summed E-state index contributed by atoms with van der Waals surface area (Å²) in [5.74, 6) is 0. The molecule has 1 N–H and O–H groups in total. The van der Waals surface area contributed by atoms with Gasteiger partial charge in [0.25, 0.3) is 0 Å². The largest absolute Gasteiger partial charge is 0.375 e. The third kappa shape index (κ3) is 3.85. The van der Waals surface area contributed by atoms with E-state index in [0.29, 0.717) is 6.61 Å². The van der Waals surface area contributed by atoms with Crippen LogP contribution in [0.2, 0.25) is 0 Å². The molecule has 0 radical (unpaired) electrons. The molecular formula is C9H16N2OS. The van der Waals surface area contributed by atoms with Gasteiger partial charge in [-0.1, -0.05) is 0 Å². The van der Waals surface area contributed by atoms with Gasteiger partial charge < -0.3 is 10.1 Å². The van der Waals surface area contributed by atoms with Gasteiger partial charge in [-0.25, -0.2) is 4.98 Å². The van der Waals surface area contributed by atoms with Crippen molar-refractivity contribution in [3.05, 3.63) is 16.1 Å². The van der Waals surface area contributed by atoms with Gasteiger partial charge in [0, 0.05) is 25.0 Å². The Hall–Kier alpha value is -0.450. The quantitative estimate of drug-likeness (QED) is 0.754. The summed E-state index contributed by atoms with van der Waals surface area (Å²) < 4.78 is 5.27. The molecule has 0 aliphatic carbocycles. The zero-order valence-electron chi connectivity index (χ0n) is 8.17. The van der Waals surface area contributed by atoms with E-state index in [1.165, 1.54) is 5.01 Å². The topological polar surface area (TPSA) is 34.1 Å². The van der Waals surface area contributed by atoms with Crippen molar-refractivity contribution in [2.75, 3.05) is 20.2 Å². The first kappa shape index (κ1) is 10.6. The Morgan fingerprint density at radius 1 is 1.62 bits per heavy atom. The van der Waals surface area contributed by atoms with E-state index < -0.39 is 0 Å². The number of thiazole rings is 1. The second kappa shape index (κ2) is 6.07. The molecule has 0 atom stereocenters. The van der Waals surface area contributed by atoms with E-state index in [1.54, 1.807) is 11.3 Å². The Bertz CT molecular complexity index is 215. The summed E-state index contributed by atoms with van der Waals surface area (Å²) in [6.07, 6.45) is 1.01. The summed E-state index contributed by atoms with van der Waals surface area (Å²) in [5, 5.41) is 6.36. The fraction of sp³-hybridized carbons (Fsp3) is 0.667. The first-order valence-corrected chi connectivity index (χ1v) is 5.40. The lowest BCUT2D eigenvalue weighted by Gasteiger charge is -1.96. The van der Waals surface area contributed by atoms with Gasteiger partial charge in [0.2, 0.25) is 0 Å². The Balaban J connectivity index is 2.34. The van der Waals surface area contributed by atoms with Crippen LogP contribution in [0, 0.1) is 0 Å². The predicted octanol–water partition coefficient (Wildman–Crippen LogP) is 1.44. The molecule has 1 heterocycles. The smallest absolute Gasteiger partial charge is 0.0941 e. The molecule has 0 spiro atoms. The van der Waals surface area contributed by atoms with E-state index in [0.717, 1.165) is 25.3 Å². The number of hydrogen-bond donors (Lipinski definition) is 1. The van der Waals surface area contributed by atoms with E-state index in [9.17, 15) is 0 Å². The Morgan fingerprint density at radius 3 is 3.15 bits per heavy atom. The number of aromatic nitrogens is 1. The van der Waals surface area contributed by atoms with Crippen LogP contribution in [-0.4, -0.2) is 25.2 Å². The van der Waals surface area contributed by atoms with Crippen molar-refractivity contribution in [1.82, 2.24) is 10.3 Å². The maximum absolute atomic E-state index is 5.27. The molecule has 0 saturated carbocycles. The van der Waals surface area contributed by atoms with Crippen molar-refractivity contribution in [3.8, 4) is 0 Å². The molecule has 1 aromatic heterocycles. The van der Waals surface area contributed by atoms with Crippen molar-refractivity contribution in [1.29, 1.82) is 0 Å². The molecular weight excluding hydrogens is 184 g/mol. The predicted molar refractivity (Wildman–Crippen MR) is 55.1 cm³/mol. The lowest BCUT2D eigenvalue weighted by Crippen LogP contribution is -2.10. The van der Waals surface area contributed by atoms with Gasteiger partial charge in [0.1, 0.15) is 0 Å². The Kier molecular flexibility index (Phi) is 4.97. The van der Waals surface area contributed by atoms with Crippen molar-refractivity contribution < 1.29 is 4.74 Å². The first-order chi connectivity index (χ1) is 6.36. The maximum atomic E-state index is 5.27. The second-order valence-electron chi connectivity index (χ2n) is 2.72. The van der Waals surface area contributed by atoms with Crippen molar-refractivity contribution in [3.63, 3.8) is 0 Å². The highest BCUT2D eigenvalue weighted by molar-refractivity contribution is 7.09. The van der Waals surface area contributed by atoms with Gasteiger partial charge in [-0.05, 0) is 14.0 Å². The molecule has 1 aromatic rings. The third-order valence-electron chi connectivity index (χ3n) is 1.64. The number of likely N-dealkylation sites (N-methyl/N-ethyl adjacent to an activating group) is 1. The molecule has 0 unspecified atom stereocenters. The second-order valence-corrected chi connectivity index (χ2v) is 3.67. The van der Waals surface area contributed by atoms with E-state index in [4.69, 9.17) is 4.74 Å². The van der Waals surface area contributed by atoms with Gasteiger partial charge in [0.15, 0.2) is 0 Å². The molecule has 0 bridgehead atoms. The standard InChI is InChI=1S/C9H16N2OS/c1-3-12-6-8-7-13-9(11-8)4-5-10-2/h7,10H,3-6H2,1-2H3. The highest BCUT2D eigenvalue weighted by atomic mass is 32.1. The van der Waals surface area contributed by atoms with Gasteiger partial charge in [-0.3, -0.25) is 0 Å². The van der Waals surface area contributed by atoms with Crippen LogP contribution in [-0.2, 0) is 17.8 Å². The average molecular weight is 200 g/mol. The summed E-state index contributed by atoms with van der Waals surface area (Å²) in [6, 6.07) is 0. The number of hydrogen-bond acceptors (Lipinski definition) is 4.